The number of rotatable bonds is 8. The highest BCUT2D eigenvalue weighted by Gasteiger charge is 2.30. The van der Waals surface area contributed by atoms with E-state index in [1.54, 1.807) is 0 Å². The van der Waals surface area contributed by atoms with E-state index in [4.69, 9.17) is 4.74 Å². The van der Waals surface area contributed by atoms with Gasteiger partial charge in [-0.3, -0.25) is 10.1 Å². The van der Waals surface area contributed by atoms with Crippen molar-refractivity contribution in [1.29, 1.82) is 0 Å². The molecule has 1 aromatic rings. The van der Waals surface area contributed by atoms with Gasteiger partial charge in [-0.1, -0.05) is 22.9 Å². The van der Waals surface area contributed by atoms with E-state index in [1.165, 1.54) is 20.1 Å². The molecule has 0 aliphatic rings. The van der Waals surface area contributed by atoms with Crippen LogP contribution in [-0.4, -0.2) is 40.1 Å². The van der Waals surface area contributed by atoms with Gasteiger partial charge in [-0.05, 0) is 19.5 Å². The fourth-order valence-electron chi connectivity index (χ4n) is 1.83. The molecule has 11 heteroatoms. The Kier molecular flexibility index (Phi) is 9.00. The van der Waals surface area contributed by atoms with Crippen LogP contribution in [0.4, 0.5) is 5.69 Å². The van der Waals surface area contributed by atoms with Crippen LogP contribution in [0.15, 0.2) is 15.4 Å². The molecule has 0 fully saturated rings. The highest BCUT2D eigenvalue weighted by atomic mass is 79.9. The van der Waals surface area contributed by atoms with Gasteiger partial charge >= 0.3 is 5.69 Å². The Labute approximate surface area is 149 Å². The molecule has 0 aliphatic carbocycles. The zero-order valence-electron chi connectivity index (χ0n) is 12.9. The maximum atomic E-state index is 12.4. The van der Waals surface area contributed by atoms with Crippen molar-refractivity contribution >= 4 is 44.0 Å². The predicted molar refractivity (Wildman–Crippen MR) is 93.1 cm³/mol. The number of nitrogens with one attached hydrogen (secondary N) is 2. The number of methoxy groups -OCH3 is 1. The van der Waals surface area contributed by atoms with Gasteiger partial charge in [-0.15, -0.1) is 12.4 Å². The van der Waals surface area contributed by atoms with Crippen molar-refractivity contribution in [3.8, 4) is 5.75 Å². The third kappa shape index (κ3) is 5.28. The summed E-state index contributed by atoms with van der Waals surface area (Å²) < 4.78 is 32.4. The van der Waals surface area contributed by atoms with Gasteiger partial charge in [0.05, 0.1) is 12.0 Å². The SMILES string of the molecule is CCNCCNS(=O)(=O)c1cc(Br)c(C)c([N+](=O)[O-])c1OC.Cl. The highest BCUT2D eigenvalue weighted by molar-refractivity contribution is 9.10. The summed E-state index contributed by atoms with van der Waals surface area (Å²) in [6.07, 6.45) is 0. The average Bonchev–Trinajstić information content (AvgIpc) is 2.45. The van der Waals surface area contributed by atoms with E-state index in [-0.39, 0.29) is 35.3 Å². The summed E-state index contributed by atoms with van der Waals surface area (Å²) in [5.74, 6) is -0.276. The summed E-state index contributed by atoms with van der Waals surface area (Å²) in [6, 6.07) is 1.30. The van der Waals surface area contributed by atoms with Crippen molar-refractivity contribution in [1.82, 2.24) is 10.0 Å². The van der Waals surface area contributed by atoms with Gasteiger partial charge in [-0.2, -0.15) is 0 Å². The summed E-state index contributed by atoms with van der Waals surface area (Å²) in [5, 5.41) is 14.2. The normalized spacial score (nSPS) is 11.0. The Balaban J connectivity index is 0.00000484. The third-order valence-electron chi connectivity index (χ3n) is 2.93. The zero-order valence-corrected chi connectivity index (χ0v) is 16.1. The molecule has 0 aliphatic heterocycles. The molecule has 132 valence electrons. The Hall–Kier alpha value is -0.940. The van der Waals surface area contributed by atoms with Crippen molar-refractivity contribution in [3.63, 3.8) is 0 Å². The lowest BCUT2D eigenvalue weighted by atomic mass is 10.2. The quantitative estimate of drug-likeness (QED) is 0.369. The van der Waals surface area contributed by atoms with Gasteiger partial charge in [0.1, 0.15) is 4.90 Å². The number of benzene rings is 1. The van der Waals surface area contributed by atoms with Crippen molar-refractivity contribution < 1.29 is 18.1 Å². The minimum Gasteiger partial charge on any atom is -0.489 e. The number of hydrogen-bond donors (Lipinski definition) is 2. The first-order valence-corrected chi connectivity index (χ1v) is 8.75. The number of halogens is 2. The second-order valence-corrected chi connectivity index (χ2v) is 6.96. The summed E-state index contributed by atoms with van der Waals surface area (Å²) in [5.41, 5.74) is -0.0719. The zero-order chi connectivity index (χ0) is 16.9. The Morgan fingerprint density at radius 2 is 2.00 bits per heavy atom. The van der Waals surface area contributed by atoms with Crippen LogP contribution in [0, 0.1) is 17.0 Å². The number of likely N-dealkylation sites (N-methyl/N-ethyl adjacent to an activating group) is 1. The molecule has 0 spiro atoms. The van der Waals surface area contributed by atoms with Gasteiger partial charge < -0.3 is 10.1 Å². The molecule has 1 aromatic carbocycles. The molecule has 0 radical (unpaired) electrons. The predicted octanol–water partition coefficient (Wildman–Crippen LogP) is 1.98. The number of sulfonamides is 1. The van der Waals surface area contributed by atoms with Gasteiger partial charge in [0.15, 0.2) is 0 Å². The molecule has 0 aromatic heterocycles. The highest BCUT2D eigenvalue weighted by Crippen LogP contribution is 2.40. The van der Waals surface area contributed by atoms with E-state index >= 15 is 0 Å². The molecule has 23 heavy (non-hydrogen) atoms. The van der Waals surface area contributed by atoms with Crippen LogP contribution in [0.2, 0.25) is 0 Å². The Morgan fingerprint density at radius 1 is 1.39 bits per heavy atom. The molecule has 0 atom stereocenters. The minimum atomic E-state index is -3.93. The smallest absolute Gasteiger partial charge is 0.316 e. The topological polar surface area (TPSA) is 111 Å². The number of nitro groups is 1. The second-order valence-electron chi connectivity index (χ2n) is 4.37. The maximum absolute atomic E-state index is 12.4. The van der Waals surface area contributed by atoms with Crippen molar-refractivity contribution in [2.45, 2.75) is 18.7 Å². The van der Waals surface area contributed by atoms with Crippen molar-refractivity contribution in [3.05, 3.63) is 26.2 Å². The molecule has 0 unspecified atom stereocenters. The van der Waals surface area contributed by atoms with Gasteiger partial charge in [0.2, 0.25) is 15.8 Å². The molecule has 0 bridgehead atoms. The second kappa shape index (κ2) is 9.38. The lowest BCUT2D eigenvalue weighted by Gasteiger charge is -2.13. The van der Waals surface area contributed by atoms with Crippen LogP contribution >= 0.6 is 28.3 Å². The molecule has 0 amide bonds. The van der Waals surface area contributed by atoms with Gasteiger partial charge in [0.25, 0.3) is 0 Å². The summed E-state index contributed by atoms with van der Waals surface area (Å²) >= 11 is 3.15. The fourth-order valence-corrected chi connectivity index (χ4v) is 3.63. The van der Waals surface area contributed by atoms with E-state index < -0.39 is 14.9 Å². The summed E-state index contributed by atoms with van der Waals surface area (Å²) in [7, 11) is -2.73. The van der Waals surface area contributed by atoms with Gasteiger partial charge in [-0.25, -0.2) is 13.1 Å². The molecular formula is C12H19BrClN3O5S. The van der Waals surface area contributed by atoms with Crippen LogP contribution in [-0.2, 0) is 10.0 Å². The van der Waals surface area contributed by atoms with Crippen LogP contribution < -0.4 is 14.8 Å². The monoisotopic (exact) mass is 431 g/mol. The van der Waals surface area contributed by atoms with E-state index in [0.29, 0.717) is 23.1 Å². The largest absolute Gasteiger partial charge is 0.489 e. The number of nitrogens with zero attached hydrogens (tertiary/aromatic N) is 1. The summed E-state index contributed by atoms with van der Waals surface area (Å²) in [4.78, 5) is 10.3. The molecule has 0 saturated carbocycles. The molecule has 0 saturated heterocycles. The van der Waals surface area contributed by atoms with Crippen LogP contribution in [0.1, 0.15) is 12.5 Å². The first-order valence-electron chi connectivity index (χ1n) is 6.48. The Morgan fingerprint density at radius 3 is 2.48 bits per heavy atom. The number of nitro benzene ring substituents is 1. The number of hydrogen-bond acceptors (Lipinski definition) is 6. The molecular weight excluding hydrogens is 414 g/mol. The average molecular weight is 433 g/mol. The van der Waals surface area contributed by atoms with Gasteiger partial charge in [0, 0.05) is 23.1 Å². The summed E-state index contributed by atoms with van der Waals surface area (Å²) in [6.45, 7) is 4.75. The van der Waals surface area contributed by atoms with Crippen molar-refractivity contribution in [2.24, 2.45) is 0 Å². The minimum absolute atomic E-state index is 0. The van der Waals surface area contributed by atoms with Crippen molar-refractivity contribution in [2.75, 3.05) is 26.7 Å². The van der Waals surface area contributed by atoms with Crippen LogP contribution in [0.5, 0.6) is 5.75 Å². The van der Waals surface area contributed by atoms with E-state index in [9.17, 15) is 18.5 Å². The lowest BCUT2D eigenvalue weighted by Crippen LogP contribution is -2.32. The standard InChI is InChI=1S/C12H18BrN3O5S.ClH/c1-4-14-5-6-15-22(19,20)10-7-9(13)8(2)11(16(17)18)12(10)21-3;/h7,14-15H,4-6H2,1-3H3;1H. The molecule has 2 N–H and O–H groups in total. The molecule has 8 nitrogen and oxygen atoms in total. The Bertz CT molecular complexity index is 669. The van der Waals surface area contributed by atoms with E-state index in [0.717, 1.165) is 0 Å². The van der Waals surface area contributed by atoms with Crippen LogP contribution in [0.25, 0.3) is 0 Å². The van der Waals surface area contributed by atoms with E-state index in [1.807, 2.05) is 6.92 Å². The number of ether oxygens (including phenoxy) is 1. The molecule has 0 heterocycles. The first kappa shape index (κ1) is 22.1. The van der Waals surface area contributed by atoms with E-state index in [2.05, 4.69) is 26.0 Å². The third-order valence-corrected chi connectivity index (χ3v) is 5.22. The molecule has 1 rings (SSSR count). The maximum Gasteiger partial charge on any atom is 0.316 e. The van der Waals surface area contributed by atoms with Crippen LogP contribution in [0.3, 0.4) is 0 Å². The first-order chi connectivity index (χ1) is 10.3. The fraction of sp³-hybridized carbons (Fsp3) is 0.500. The lowest BCUT2D eigenvalue weighted by molar-refractivity contribution is -0.386.